The van der Waals surface area contributed by atoms with E-state index >= 15 is 0 Å². The molecule has 3 nitrogen and oxygen atoms in total. The maximum atomic E-state index is 13.0. The van der Waals surface area contributed by atoms with Gasteiger partial charge in [0.15, 0.2) is 0 Å². The first-order valence-corrected chi connectivity index (χ1v) is 7.43. The molecule has 0 aliphatic rings. The van der Waals surface area contributed by atoms with Gasteiger partial charge < -0.3 is 4.98 Å². The molecule has 2 aromatic carbocycles. The molecule has 0 radical (unpaired) electrons. The van der Waals surface area contributed by atoms with Crippen LogP contribution in [0.25, 0.3) is 10.9 Å². The molecule has 0 aliphatic carbocycles. The summed E-state index contributed by atoms with van der Waals surface area (Å²) < 4.78 is 13.0. The van der Waals surface area contributed by atoms with Crippen LogP contribution in [0.1, 0.15) is 16.7 Å². The molecule has 0 atom stereocenters. The van der Waals surface area contributed by atoms with Crippen LogP contribution in [0.15, 0.2) is 41.2 Å². The summed E-state index contributed by atoms with van der Waals surface area (Å²) in [5, 5.41) is 10.1. The lowest BCUT2D eigenvalue weighted by Crippen LogP contribution is -2.12. The van der Waals surface area contributed by atoms with E-state index in [1.807, 2.05) is 0 Å². The minimum Gasteiger partial charge on any atom is -0.320 e. The molecule has 0 fully saturated rings. The van der Waals surface area contributed by atoms with Crippen molar-refractivity contribution >= 4 is 34.1 Å². The van der Waals surface area contributed by atoms with Gasteiger partial charge in [0, 0.05) is 10.4 Å². The summed E-state index contributed by atoms with van der Waals surface area (Å²) in [6.07, 6.45) is 0.440. The molecule has 0 saturated heterocycles. The van der Waals surface area contributed by atoms with Crippen LogP contribution in [0.4, 0.5) is 4.39 Å². The van der Waals surface area contributed by atoms with E-state index in [1.165, 1.54) is 12.1 Å². The Morgan fingerprint density at radius 1 is 1.17 bits per heavy atom. The van der Waals surface area contributed by atoms with Crippen LogP contribution in [-0.2, 0) is 6.42 Å². The molecule has 3 aromatic rings. The molecule has 114 valence electrons. The van der Waals surface area contributed by atoms with Gasteiger partial charge in [-0.1, -0.05) is 35.3 Å². The lowest BCUT2D eigenvalue weighted by atomic mass is 10.0. The third-order valence-corrected chi connectivity index (χ3v) is 4.14. The van der Waals surface area contributed by atoms with E-state index in [1.54, 1.807) is 30.3 Å². The molecule has 0 aliphatic heterocycles. The fourth-order valence-electron chi connectivity index (χ4n) is 2.46. The van der Waals surface area contributed by atoms with Crippen molar-refractivity contribution in [1.29, 1.82) is 5.26 Å². The zero-order valence-corrected chi connectivity index (χ0v) is 13.2. The van der Waals surface area contributed by atoms with Crippen LogP contribution < -0.4 is 5.56 Å². The SMILES string of the molecule is N#Cc1c(Cl)c2cc(Cl)cc(Cc3ccc(F)cc3)c2[nH]c1=O. The normalized spacial score (nSPS) is 10.7. The Kier molecular flexibility index (Phi) is 4.08. The highest BCUT2D eigenvalue weighted by Crippen LogP contribution is 2.30. The number of pyridine rings is 1. The van der Waals surface area contributed by atoms with Crippen molar-refractivity contribution in [2.75, 3.05) is 0 Å². The van der Waals surface area contributed by atoms with Gasteiger partial charge in [0.1, 0.15) is 17.4 Å². The summed E-state index contributed by atoms with van der Waals surface area (Å²) in [6.45, 7) is 0. The Morgan fingerprint density at radius 3 is 2.52 bits per heavy atom. The molecule has 23 heavy (non-hydrogen) atoms. The third kappa shape index (κ3) is 2.94. The molecule has 1 aromatic heterocycles. The first-order valence-electron chi connectivity index (χ1n) is 6.68. The fourth-order valence-corrected chi connectivity index (χ4v) is 2.97. The summed E-state index contributed by atoms with van der Waals surface area (Å²) in [6, 6.07) is 11.2. The fraction of sp³-hybridized carbons (Fsp3) is 0.0588. The minimum absolute atomic E-state index is 0.0779. The van der Waals surface area contributed by atoms with Crippen molar-refractivity contribution in [2.45, 2.75) is 6.42 Å². The molecule has 3 rings (SSSR count). The average Bonchev–Trinajstić information content (AvgIpc) is 2.51. The molecule has 1 heterocycles. The van der Waals surface area contributed by atoms with Gasteiger partial charge in [-0.2, -0.15) is 5.26 Å². The molecule has 0 spiro atoms. The minimum atomic E-state index is -0.548. The number of rotatable bonds is 2. The van der Waals surface area contributed by atoms with Gasteiger partial charge in [-0.05, 0) is 41.8 Å². The second kappa shape index (κ2) is 6.04. The van der Waals surface area contributed by atoms with Crippen molar-refractivity contribution in [1.82, 2.24) is 4.98 Å². The summed E-state index contributed by atoms with van der Waals surface area (Å²) in [5.74, 6) is -0.320. The number of nitrogens with zero attached hydrogens (tertiary/aromatic N) is 1. The number of hydrogen-bond donors (Lipinski definition) is 1. The molecule has 0 bridgehead atoms. The smallest absolute Gasteiger partial charge is 0.267 e. The average molecular weight is 347 g/mol. The number of nitrogens with one attached hydrogen (secondary N) is 1. The first-order chi connectivity index (χ1) is 11.0. The Balaban J connectivity index is 2.23. The van der Waals surface area contributed by atoms with Crippen LogP contribution in [0.5, 0.6) is 0 Å². The Morgan fingerprint density at radius 2 is 1.87 bits per heavy atom. The number of benzene rings is 2. The van der Waals surface area contributed by atoms with Crippen molar-refractivity contribution in [2.24, 2.45) is 0 Å². The van der Waals surface area contributed by atoms with E-state index < -0.39 is 5.56 Å². The third-order valence-electron chi connectivity index (χ3n) is 3.53. The first kappa shape index (κ1) is 15.5. The predicted octanol–water partition coefficient (Wildman–Crippen LogP) is 4.44. The highest BCUT2D eigenvalue weighted by Gasteiger charge is 2.14. The number of fused-ring (bicyclic) bond motifs is 1. The number of aromatic nitrogens is 1. The van der Waals surface area contributed by atoms with Gasteiger partial charge >= 0.3 is 0 Å². The highest BCUT2D eigenvalue weighted by atomic mass is 35.5. The van der Waals surface area contributed by atoms with Gasteiger partial charge in [-0.15, -0.1) is 0 Å². The molecule has 1 N–H and O–H groups in total. The molecule has 0 amide bonds. The van der Waals surface area contributed by atoms with Crippen LogP contribution in [0, 0.1) is 17.1 Å². The van der Waals surface area contributed by atoms with Gasteiger partial charge in [-0.25, -0.2) is 4.39 Å². The van der Waals surface area contributed by atoms with E-state index in [0.717, 1.165) is 11.1 Å². The van der Waals surface area contributed by atoms with E-state index in [2.05, 4.69) is 4.98 Å². The second-order valence-corrected chi connectivity index (χ2v) is 5.86. The summed E-state index contributed by atoms with van der Waals surface area (Å²) >= 11 is 12.3. The van der Waals surface area contributed by atoms with Gasteiger partial charge in [0.05, 0.1) is 10.5 Å². The quantitative estimate of drug-likeness (QED) is 0.745. The van der Waals surface area contributed by atoms with Gasteiger partial charge in [0.2, 0.25) is 0 Å². The summed E-state index contributed by atoms with van der Waals surface area (Å²) in [7, 11) is 0. The van der Waals surface area contributed by atoms with Crippen LogP contribution in [-0.4, -0.2) is 4.98 Å². The van der Waals surface area contributed by atoms with Crippen LogP contribution in [0.3, 0.4) is 0 Å². The topological polar surface area (TPSA) is 56.6 Å². The zero-order valence-electron chi connectivity index (χ0n) is 11.7. The van der Waals surface area contributed by atoms with Crippen LogP contribution >= 0.6 is 23.2 Å². The standard InChI is InChI=1S/C17H9Cl2FN2O/c18-11-6-10(5-9-1-3-12(20)4-2-9)16-13(7-11)15(19)14(8-21)17(23)22-16/h1-4,6-7H,5H2,(H,22,23). The Labute approximate surface area is 140 Å². The van der Waals surface area contributed by atoms with E-state index in [4.69, 9.17) is 28.5 Å². The zero-order chi connectivity index (χ0) is 16.6. The van der Waals surface area contributed by atoms with Crippen molar-refractivity contribution in [3.05, 3.63) is 79.3 Å². The second-order valence-electron chi connectivity index (χ2n) is 5.05. The largest absolute Gasteiger partial charge is 0.320 e. The molecular weight excluding hydrogens is 338 g/mol. The van der Waals surface area contributed by atoms with Crippen molar-refractivity contribution in [3.63, 3.8) is 0 Å². The van der Waals surface area contributed by atoms with Gasteiger partial charge in [-0.3, -0.25) is 4.79 Å². The van der Waals surface area contributed by atoms with Crippen molar-refractivity contribution < 1.29 is 4.39 Å². The highest BCUT2D eigenvalue weighted by molar-refractivity contribution is 6.37. The number of halogens is 3. The summed E-state index contributed by atoms with van der Waals surface area (Å²) in [5.41, 5.74) is 1.42. The number of hydrogen-bond acceptors (Lipinski definition) is 2. The lowest BCUT2D eigenvalue weighted by molar-refractivity contribution is 0.627. The molecule has 0 unspecified atom stereocenters. The van der Waals surface area contributed by atoms with Crippen LogP contribution in [0.2, 0.25) is 10.0 Å². The predicted molar refractivity (Wildman–Crippen MR) is 88.5 cm³/mol. The molecule has 0 saturated carbocycles. The Bertz CT molecular complexity index is 1000. The maximum absolute atomic E-state index is 13.0. The Hall–Kier alpha value is -2.35. The maximum Gasteiger partial charge on any atom is 0.267 e. The van der Waals surface area contributed by atoms with E-state index in [-0.39, 0.29) is 16.4 Å². The van der Waals surface area contributed by atoms with E-state index in [0.29, 0.717) is 22.3 Å². The van der Waals surface area contributed by atoms with Gasteiger partial charge in [0.25, 0.3) is 5.56 Å². The van der Waals surface area contributed by atoms with Crippen molar-refractivity contribution in [3.8, 4) is 6.07 Å². The molecule has 6 heteroatoms. The molecular formula is C17H9Cl2FN2O. The lowest BCUT2D eigenvalue weighted by Gasteiger charge is -2.10. The van der Waals surface area contributed by atoms with E-state index in [9.17, 15) is 9.18 Å². The number of H-pyrrole nitrogens is 1. The summed E-state index contributed by atoms with van der Waals surface area (Å²) in [4.78, 5) is 14.7. The number of nitriles is 1. The number of aromatic amines is 1. The monoisotopic (exact) mass is 346 g/mol.